The Morgan fingerprint density at radius 2 is 1.80 bits per heavy atom. The third-order valence-electron chi connectivity index (χ3n) is 3.66. The van der Waals surface area contributed by atoms with Gasteiger partial charge >= 0.3 is 5.97 Å². The van der Waals surface area contributed by atoms with Crippen LogP contribution in [0.25, 0.3) is 0 Å². The summed E-state index contributed by atoms with van der Waals surface area (Å²) in [6.45, 7) is 2.35. The maximum atomic E-state index is 12.0. The van der Waals surface area contributed by atoms with E-state index in [1.807, 2.05) is 49.4 Å². The summed E-state index contributed by atoms with van der Waals surface area (Å²) < 4.78 is 6.84. The number of aliphatic carboxylic acids is 1. The number of amides is 1. The summed E-state index contributed by atoms with van der Waals surface area (Å²) in [4.78, 5) is 24.2. The number of carbonyl (C=O) groups is 2. The van der Waals surface area contributed by atoms with Crippen molar-refractivity contribution in [1.82, 2.24) is 4.90 Å². The number of rotatable bonds is 7. The number of benzene rings is 2. The van der Waals surface area contributed by atoms with E-state index < -0.39 is 5.97 Å². The van der Waals surface area contributed by atoms with Crippen molar-refractivity contribution in [2.75, 3.05) is 7.05 Å². The maximum absolute atomic E-state index is 12.0. The molecule has 132 valence electrons. The van der Waals surface area contributed by atoms with Crippen LogP contribution in [0, 0.1) is 6.92 Å². The first-order chi connectivity index (χ1) is 11.8. The second kappa shape index (κ2) is 8.67. The third-order valence-corrected chi connectivity index (χ3v) is 4.16. The molecular weight excluding hydrogens is 386 g/mol. The number of hydrogen-bond donors (Lipinski definition) is 1. The van der Waals surface area contributed by atoms with Gasteiger partial charge in [-0.2, -0.15) is 0 Å². The van der Waals surface area contributed by atoms with Crippen molar-refractivity contribution < 1.29 is 19.4 Å². The number of carbonyl (C=O) groups excluding carboxylic acids is 1. The number of nitrogens with zero attached hydrogens (tertiary/aromatic N) is 1. The van der Waals surface area contributed by atoms with Crippen LogP contribution in [-0.4, -0.2) is 28.9 Å². The van der Waals surface area contributed by atoms with Gasteiger partial charge in [-0.3, -0.25) is 9.59 Å². The fourth-order valence-corrected chi connectivity index (χ4v) is 2.58. The van der Waals surface area contributed by atoms with Gasteiger partial charge in [0.05, 0.1) is 6.42 Å². The van der Waals surface area contributed by atoms with Gasteiger partial charge in [0, 0.05) is 30.0 Å². The minimum Gasteiger partial charge on any atom is -0.481 e. The minimum absolute atomic E-state index is 0.0173. The van der Waals surface area contributed by atoms with Crippen molar-refractivity contribution in [2.45, 2.75) is 26.3 Å². The van der Waals surface area contributed by atoms with E-state index in [2.05, 4.69) is 15.9 Å². The van der Waals surface area contributed by atoms with Crippen molar-refractivity contribution in [1.29, 1.82) is 0 Å². The van der Waals surface area contributed by atoms with Crippen LogP contribution in [0.1, 0.15) is 24.0 Å². The molecule has 0 saturated heterocycles. The summed E-state index contributed by atoms with van der Waals surface area (Å²) in [5, 5.41) is 8.70. The Hall–Kier alpha value is -2.34. The highest BCUT2D eigenvalue weighted by atomic mass is 79.9. The summed E-state index contributed by atoms with van der Waals surface area (Å²) in [6, 6.07) is 13.3. The lowest BCUT2D eigenvalue weighted by Crippen LogP contribution is -2.26. The van der Waals surface area contributed by atoms with Crippen LogP contribution in [0.15, 0.2) is 46.9 Å². The highest BCUT2D eigenvalue weighted by Crippen LogP contribution is 2.29. The fourth-order valence-electron chi connectivity index (χ4n) is 2.24. The Morgan fingerprint density at radius 1 is 1.12 bits per heavy atom. The molecule has 2 rings (SSSR count). The van der Waals surface area contributed by atoms with Crippen molar-refractivity contribution >= 4 is 27.8 Å². The quantitative estimate of drug-likeness (QED) is 0.742. The predicted molar refractivity (Wildman–Crippen MR) is 98.7 cm³/mol. The Bertz CT molecular complexity index is 759. The molecule has 0 aliphatic carbocycles. The fraction of sp³-hybridized carbons (Fsp3) is 0.263. The molecule has 0 unspecified atom stereocenters. The molecule has 5 nitrogen and oxygen atoms in total. The van der Waals surface area contributed by atoms with E-state index in [-0.39, 0.29) is 18.7 Å². The van der Waals surface area contributed by atoms with E-state index in [0.717, 1.165) is 15.6 Å². The van der Waals surface area contributed by atoms with Gasteiger partial charge in [0.1, 0.15) is 11.5 Å². The molecule has 1 amide bonds. The van der Waals surface area contributed by atoms with Gasteiger partial charge in [0.15, 0.2) is 0 Å². The highest BCUT2D eigenvalue weighted by Gasteiger charge is 2.14. The summed E-state index contributed by atoms with van der Waals surface area (Å²) in [5.74, 6) is 0.168. The van der Waals surface area contributed by atoms with Gasteiger partial charge in [-0.05, 0) is 31.2 Å². The van der Waals surface area contributed by atoms with Crippen LogP contribution < -0.4 is 4.74 Å². The number of halogens is 1. The zero-order chi connectivity index (χ0) is 18.4. The van der Waals surface area contributed by atoms with E-state index >= 15 is 0 Å². The van der Waals surface area contributed by atoms with Crippen LogP contribution in [0.5, 0.6) is 11.5 Å². The minimum atomic E-state index is -0.978. The Morgan fingerprint density at radius 3 is 2.44 bits per heavy atom. The SMILES string of the molecule is Cc1ccc(Oc2cc(Br)ccc2CN(C)C(=O)CCC(=O)O)cc1. The molecule has 25 heavy (non-hydrogen) atoms. The number of carboxylic acid groups (broad SMARTS) is 1. The topological polar surface area (TPSA) is 66.8 Å². The molecule has 0 fully saturated rings. The number of ether oxygens (including phenoxy) is 1. The number of hydrogen-bond acceptors (Lipinski definition) is 3. The lowest BCUT2D eigenvalue weighted by Gasteiger charge is -2.19. The van der Waals surface area contributed by atoms with Gasteiger partial charge < -0.3 is 14.7 Å². The summed E-state index contributed by atoms with van der Waals surface area (Å²) in [7, 11) is 1.65. The Kier molecular flexibility index (Phi) is 6.58. The van der Waals surface area contributed by atoms with Gasteiger partial charge in [-0.15, -0.1) is 0 Å². The van der Waals surface area contributed by atoms with Gasteiger partial charge in [-0.1, -0.05) is 39.7 Å². The van der Waals surface area contributed by atoms with E-state index in [9.17, 15) is 9.59 Å². The van der Waals surface area contributed by atoms with Gasteiger partial charge in [0.25, 0.3) is 0 Å². The molecule has 2 aromatic carbocycles. The first-order valence-electron chi connectivity index (χ1n) is 7.84. The van der Waals surface area contributed by atoms with Crippen molar-refractivity contribution in [3.05, 3.63) is 58.1 Å². The first-order valence-corrected chi connectivity index (χ1v) is 8.63. The predicted octanol–water partition coefficient (Wildman–Crippen LogP) is 4.37. The average Bonchev–Trinajstić information content (AvgIpc) is 2.57. The first kappa shape index (κ1) is 19.0. The monoisotopic (exact) mass is 405 g/mol. The highest BCUT2D eigenvalue weighted by molar-refractivity contribution is 9.10. The van der Waals surface area contributed by atoms with E-state index in [0.29, 0.717) is 18.0 Å². The molecule has 0 spiro atoms. The second-order valence-electron chi connectivity index (χ2n) is 5.81. The van der Waals surface area contributed by atoms with E-state index in [4.69, 9.17) is 9.84 Å². The molecule has 0 heterocycles. The Labute approximate surface area is 155 Å². The van der Waals surface area contributed by atoms with Crippen LogP contribution in [0.3, 0.4) is 0 Å². The Balaban J connectivity index is 2.13. The molecule has 1 N–H and O–H groups in total. The molecule has 6 heteroatoms. The van der Waals surface area contributed by atoms with Crippen LogP contribution >= 0.6 is 15.9 Å². The van der Waals surface area contributed by atoms with Crippen molar-refractivity contribution in [3.8, 4) is 11.5 Å². The number of aryl methyl sites for hydroxylation is 1. The zero-order valence-electron chi connectivity index (χ0n) is 14.2. The molecule has 0 atom stereocenters. The second-order valence-corrected chi connectivity index (χ2v) is 6.73. The molecule has 0 radical (unpaired) electrons. The van der Waals surface area contributed by atoms with Crippen LogP contribution in [-0.2, 0) is 16.1 Å². The lowest BCUT2D eigenvalue weighted by atomic mass is 10.1. The molecule has 0 aliphatic heterocycles. The summed E-state index contributed by atoms with van der Waals surface area (Å²) in [6.07, 6.45) is -0.188. The zero-order valence-corrected chi connectivity index (χ0v) is 15.7. The van der Waals surface area contributed by atoms with Crippen molar-refractivity contribution in [2.24, 2.45) is 0 Å². The molecule has 0 bridgehead atoms. The van der Waals surface area contributed by atoms with Gasteiger partial charge in [-0.25, -0.2) is 0 Å². The molecule has 2 aromatic rings. The maximum Gasteiger partial charge on any atom is 0.303 e. The smallest absolute Gasteiger partial charge is 0.303 e. The third kappa shape index (κ3) is 5.90. The van der Waals surface area contributed by atoms with E-state index in [1.54, 1.807) is 7.05 Å². The standard InChI is InChI=1S/C19H20BrNO4/c1-13-3-7-16(8-4-13)25-17-11-15(20)6-5-14(17)12-21(2)18(22)9-10-19(23)24/h3-8,11H,9-10,12H2,1-2H3,(H,23,24). The van der Waals surface area contributed by atoms with Gasteiger partial charge in [0.2, 0.25) is 5.91 Å². The normalized spacial score (nSPS) is 10.4. The average molecular weight is 406 g/mol. The number of carboxylic acids is 1. The van der Waals surface area contributed by atoms with E-state index in [1.165, 1.54) is 4.90 Å². The van der Waals surface area contributed by atoms with Crippen LogP contribution in [0.4, 0.5) is 0 Å². The molecular formula is C19H20BrNO4. The molecule has 0 aromatic heterocycles. The summed E-state index contributed by atoms with van der Waals surface area (Å²) in [5.41, 5.74) is 1.99. The molecule has 0 saturated carbocycles. The summed E-state index contributed by atoms with van der Waals surface area (Å²) >= 11 is 3.43. The van der Waals surface area contributed by atoms with Crippen LogP contribution in [0.2, 0.25) is 0 Å². The lowest BCUT2D eigenvalue weighted by molar-refractivity contribution is -0.140. The van der Waals surface area contributed by atoms with Crippen molar-refractivity contribution in [3.63, 3.8) is 0 Å². The largest absolute Gasteiger partial charge is 0.481 e. The molecule has 0 aliphatic rings.